The van der Waals surface area contributed by atoms with Crippen LogP contribution in [0.4, 0.5) is 5.82 Å². The normalized spacial score (nSPS) is 21.3. The summed E-state index contributed by atoms with van der Waals surface area (Å²) in [6.07, 6.45) is 15.6. The third-order valence-electron chi connectivity index (χ3n) is 6.25. The zero-order valence-electron chi connectivity index (χ0n) is 19.7. The highest BCUT2D eigenvalue weighted by Gasteiger charge is 2.31. The zero-order valence-corrected chi connectivity index (χ0v) is 20.5. The van der Waals surface area contributed by atoms with Crippen LogP contribution in [0.25, 0.3) is 5.70 Å². The zero-order chi connectivity index (χ0) is 23.2. The largest absolute Gasteiger partial charge is 0.354 e. The van der Waals surface area contributed by atoms with E-state index in [0.717, 1.165) is 76.8 Å². The van der Waals surface area contributed by atoms with Crippen molar-refractivity contribution in [2.75, 3.05) is 38.1 Å². The lowest BCUT2D eigenvalue weighted by Gasteiger charge is -2.35. The SMILES string of the molecule is C=C/C(=C\C=C1\C=NC(c2ccnc(N3CCN(C4CC4)CC3)c2)=CC1)C(=C)S/C(C)=N\C. The minimum Gasteiger partial charge on any atom is -0.354 e. The molecule has 1 saturated carbocycles. The molecule has 0 amide bonds. The highest BCUT2D eigenvalue weighted by Crippen LogP contribution is 2.29. The van der Waals surface area contributed by atoms with Crippen molar-refractivity contribution < 1.29 is 0 Å². The molecule has 3 aliphatic rings. The molecule has 0 bridgehead atoms. The summed E-state index contributed by atoms with van der Waals surface area (Å²) < 4.78 is 0. The van der Waals surface area contributed by atoms with Gasteiger partial charge < -0.3 is 4.90 Å². The van der Waals surface area contributed by atoms with Crippen LogP contribution < -0.4 is 4.90 Å². The number of nitrogens with zero attached hydrogens (tertiary/aromatic N) is 5. The van der Waals surface area contributed by atoms with Gasteiger partial charge in [0, 0.05) is 62.1 Å². The molecule has 1 aromatic heterocycles. The second-order valence-corrected chi connectivity index (χ2v) is 9.83. The maximum absolute atomic E-state index is 4.73. The molecule has 2 fully saturated rings. The van der Waals surface area contributed by atoms with Crippen LogP contribution in [-0.4, -0.2) is 60.4 Å². The smallest absolute Gasteiger partial charge is 0.129 e. The fourth-order valence-electron chi connectivity index (χ4n) is 4.04. The number of aromatic nitrogens is 1. The Labute approximate surface area is 202 Å². The first kappa shape index (κ1) is 23.5. The molecule has 5 nitrogen and oxygen atoms in total. The van der Waals surface area contributed by atoms with Crippen molar-refractivity contribution in [2.45, 2.75) is 32.2 Å². The van der Waals surface area contributed by atoms with Gasteiger partial charge in [-0.3, -0.25) is 14.9 Å². The van der Waals surface area contributed by atoms with Gasteiger partial charge in [0.1, 0.15) is 5.82 Å². The van der Waals surface area contributed by atoms with Crippen LogP contribution in [0, 0.1) is 0 Å². The van der Waals surface area contributed by atoms with Gasteiger partial charge in [-0.1, -0.05) is 49.2 Å². The third kappa shape index (κ3) is 6.21. The highest BCUT2D eigenvalue weighted by atomic mass is 32.2. The van der Waals surface area contributed by atoms with Crippen molar-refractivity contribution in [3.63, 3.8) is 0 Å². The van der Waals surface area contributed by atoms with Crippen LogP contribution in [0.15, 0.2) is 81.8 Å². The third-order valence-corrected chi connectivity index (χ3v) is 7.21. The van der Waals surface area contributed by atoms with E-state index >= 15 is 0 Å². The molecule has 172 valence electrons. The Kier molecular flexibility index (Phi) is 7.78. The molecule has 0 unspecified atom stereocenters. The lowest BCUT2D eigenvalue weighted by atomic mass is 10.1. The van der Waals surface area contributed by atoms with Crippen LogP contribution in [0.1, 0.15) is 31.7 Å². The van der Waals surface area contributed by atoms with E-state index in [4.69, 9.17) is 4.99 Å². The van der Waals surface area contributed by atoms with Gasteiger partial charge in [-0.25, -0.2) is 4.98 Å². The van der Waals surface area contributed by atoms with Crippen LogP contribution in [-0.2, 0) is 0 Å². The molecule has 0 aromatic carbocycles. The lowest BCUT2D eigenvalue weighted by molar-refractivity contribution is 0.247. The van der Waals surface area contributed by atoms with E-state index in [9.17, 15) is 0 Å². The molecule has 3 heterocycles. The minimum atomic E-state index is 0.840. The molecule has 0 spiro atoms. The number of allylic oxidation sites excluding steroid dienone is 6. The molecule has 0 radical (unpaired) electrons. The van der Waals surface area contributed by atoms with Crippen LogP contribution in [0.3, 0.4) is 0 Å². The fourth-order valence-corrected chi connectivity index (χ4v) is 4.75. The standard InChI is InChI=1S/C27H33N5S/c1-5-23(20(2)33-21(3)28-4)8-6-22-7-11-26(30-19-22)24-12-13-29-27(18-24)32-16-14-31(15-17-32)25-9-10-25/h5-6,8,11-13,18-19,25H,1-2,7,9-10,14-17H2,3-4H3/b22-6+,23-8+,28-21-. The molecular weight excluding hydrogens is 426 g/mol. The van der Waals surface area contributed by atoms with Crippen molar-refractivity contribution in [1.82, 2.24) is 9.88 Å². The van der Waals surface area contributed by atoms with E-state index in [0.29, 0.717) is 0 Å². The first-order valence-electron chi connectivity index (χ1n) is 11.6. The van der Waals surface area contributed by atoms with Gasteiger partial charge >= 0.3 is 0 Å². The number of hydrogen-bond acceptors (Lipinski definition) is 6. The molecular formula is C27H33N5S. The quantitative estimate of drug-likeness (QED) is 0.306. The summed E-state index contributed by atoms with van der Waals surface area (Å²) in [7, 11) is 1.79. The lowest BCUT2D eigenvalue weighted by Crippen LogP contribution is -2.47. The first-order chi connectivity index (χ1) is 16.1. The van der Waals surface area contributed by atoms with E-state index in [2.05, 4.69) is 63.3 Å². The fraction of sp³-hybridized carbons (Fsp3) is 0.370. The number of piperazine rings is 1. The van der Waals surface area contributed by atoms with Gasteiger partial charge in [-0.15, -0.1) is 0 Å². The number of hydrogen-bond donors (Lipinski definition) is 0. The van der Waals surface area contributed by atoms with E-state index in [1.165, 1.54) is 12.8 Å². The summed E-state index contributed by atoms with van der Waals surface area (Å²) in [6.45, 7) is 14.4. The molecule has 33 heavy (non-hydrogen) atoms. The average Bonchev–Trinajstić information content (AvgIpc) is 3.70. The van der Waals surface area contributed by atoms with Crippen LogP contribution in [0.2, 0.25) is 0 Å². The predicted octanol–water partition coefficient (Wildman–Crippen LogP) is 5.52. The first-order valence-corrected chi connectivity index (χ1v) is 12.4. The Balaban J connectivity index is 1.38. The van der Waals surface area contributed by atoms with E-state index in [1.807, 2.05) is 25.4 Å². The second kappa shape index (κ2) is 10.9. The number of thioether (sulfide) groups is 1. The predicted molar refractivity (Wildman–Crippen MR) is 144 cm³/mol. The summed E-state index contributed by atoms with van der Waals surface area (Å²) in [5, 5.41) is 0.980. The summed E-state index contributed by atoms with van der Waals surface area (Å²) in [6, 6.07) is 5.08. The van der Waals surface area contributed by atoms with E-state index in [-0.39, 0.29) is 0 Å². The van der Waals surface area contributed by atoms with E-state index < -0.39 is 0 Å². The van der Waals surface area contributed by atoms with Crippen molar-refractivity contribution in [3.05, 3.63) is 77.4 Å². The van der Waals surface area contributed by atoms with Gasteiger partial charge in [0.05, 0.1) is 10.7 Å². The van der Waals surface area contributed by atoms with Gasteiger partial charge in [-0.05, 0) is 49.5 Å². The number of rotatable bonds is 7. The Morgan fingerprint density at radius 1 is 1.24 bits per heavy atom. The molecule has 1 aliphatic carbocycles. The van der Waals surface area contributed by atoms with Crippen molar-refractivity contribution >= 4 is 34.5 Å². The summed E-state index contributed by atoms with van der Waals surface area (Å²) in [4.78, 5) is 19.5. The van der Waals surface area contributed by atoms with Crippen molar-refractivity contribution in [2.24, 2.45) is 9.98 Å². The molecule has 1 aromatic rings. The molecule has 1 saturated heterocycles. The molecule has 4 rings (SSSR count). The second-order valence-electron chi connectivity index (χ2n) is 8.54. The Bertz CT molecular complexity index is 1050. The summed E-state index contributed by atoms with van der Waals surface area (Å²) in [5.74, 6) is 1.06. The monoisotopic (exact) mass is 459 g/mol. The van der Waals surface area contributed by atoms with Crippen molar-refractivity contribution in [1.29, 1.82) is 0 Å². The molecule has 0 atom stereocenters. The van der Waals surface area contributed by atoms with Gasteiger partial charge in [0.2, 0.25) is 0 Å². The van der Waals surface area contributed by atoms with Crippen LogP contribution in [0.5, 0.6) is 0 Å². The maximum atomic E-state index is 4.73. The maximum Gasteiger partial charge on any atom is 0.129 e. The van der Waals surface area contributed by atoms with Gasteiger partial charge in [0.25, 0.3) is 0 Å². The number of pyridine rings is 1. The van der Waals surface area contributed by atoms with Gasteiger partial charge in [0.15, 0.2) is 0 Å². The number of anilines is 1. The summed E-state index contributed by atoms with van der Waals surface area (Å²) >= 11 is 1.56. The van der Waals surface area contributed by atoms with Crippen molar-refractivity contribution in [3.8, 4) is 0 Å². The highest BCUT2D eigenvalue weighted by molar-refractivity contribution is 8.17. The van der Waals surface area contributed by atoms with Gasteiger partial charge in [-0.2, -0.15) is 0 Å². The molecule has 6 heteroatoms. The number of aliphatic imine (C=N–C) groups is 2. The summed E-state index contributed by atoms with van der Waals surface area (Å²) in [5.41, 5.74) is 4.29. The average molecular weight is 460 g/mol. The Morgan fingerprint density at radius 3 is 2.67 bits per heavy atom. The minimum absolute atomic E-state index is 0.840. The topological polar surface area (TPSA) is 44.1 Å². The molecule has 0 N–H and O–H groups in total. The van der Waals surface area contributed by atoms with Crippen LogP contribution >= 0.6 is 11.8 Å². The van der Waals surface area contributed by atoms with E-state index in [1.54, 1.807) is 18.8 Å². The Morgan fingerprint density at radius 2 is 2.03 bits per heavy atom. The Hall–Kier alpha value is -2.70. The molecule has 2 aliphatic heterocycles.